The molecule has 0 aliphatic heterocycles. The van der Waals surface area contributed by atoms with Crippen LogP contribution in [0.25, 0.3) is 0 Å². The fourth-order valence-electron chi connectivity index (χ4n) is 0. The Balaban J connectivity index is -0.0000000800. The maximum Gasteiger partial charge on any atom is 2.00 e. The normalized spacial score (nSPS) is 8.43. The quantitative estimate of drug-likeness (QED) is 0.265. The van der Waals surface area contributed by atoms with Crippen molar-refractivity contribution in [2.45, 2.75) is 0 Å². The molecule has 36 valence electrons. The molecule has 0 saturated carbocycles. The smallest absolute Gasteiger partial charge is 0.822 e. The van der Waals surface area contributed by atoms with Crippen LogP contribution in [-0.4, -0.2) is 0 Å². The molecule has 0 fully saturated rings. The van der Waals surface area contributed by atoms with Gasteiger partial charge in [0.1, 0.15) is 0 Å². The van der Waals surface area contributed by atoms with Crippen molar-refractivity contribution in [3.63, 3.8) is 0 Å². The molecule has 0 aromatic carbocycles. The standard InChI is InChI=1S/K.H3O4P.S/c;1-5(2,3)4;/h;(H3,1,2,3,4);/q+1;;+2/p-3. The summed E-state index contributed by atoms with van der Waals surface area (Å²) in [5.74, 6) is 0. The van der Waals surface area contributed by atoms with Crippen LogP contribution >= 0.6 is 7.82 Å². The molecule has 7 heavy (non-hydrogen) atoms. The molecular weight excluding hydrogens is 166 g/mol. The minimum Gasteiger partial charge on any atom is -0.822 e. The summed E-state index contributed by atoms with van der Waals surface area (Å²) in [7, 11) is -5.39. The summed E-state index contributed by atoms with van der Waals surface area (Å²) >= 11 is 0. The maximum atomic E-state index is 8.55. The van der Waals surface area contributed by atoms with Gasteiger partial charge in [0, 0.05) is 0 Å². The zero-order valence-electron chi connectivity index (χ0n) is 3.49. The molecule has 0 N–H and O–H groups in total. The summed E-state index contributed by atoms with van der Waals surface area (Å²) in [6, 6.07) is 0. The van der Waals surface area contributed by atoms with Gasteiger partial charge in [0.25, 0.3) is 0 Å². The first-order valence-corrected chi connectivity index (χ1v) is 2.19. The molecular formula is KO4PS. The van der Waals surface area contributed by atoms with Gasteiger partial charge in [0.05, 0.1) is 0 Å². The van der Waals surface area contributed by atoms with Crippen molar-refractivity contribution in [2.75, 3.05) is 0 Å². The van der Waals surface area contributed by atoms with Crippen molar-refractivity contribution < 1.29 is 70.6 Å². The van der Waals surface area contributed by atoms with Crippen molar-refractivity contribution in [3.05, 3.63) is 0 Å². The van der Waals surface area contributed by atoms with Crippen LogP contribution in [-0.2, 0) is 18.1 Å². The minimum atomic E-state index is -5.39. The van der Waals surface area contributed by atoms with Gasteiger partial charge in [0.2, 0.25) is 0 Å². The molecule has 0 heterocycles. The van der Waals surface area contributed by atoms with E-state index in [4.69, 9.17) is 19.2 Å². The predicted molar refractivity (Wildman–Crippen MR) is 15.0 cm³/mol. The molecule has 0 saturated heterocycles. The van der Waals surface area contributed by atoms with E-state index in [1.165, 1.54) is 0 Å². The fraction of sp³-hybridized carbons (Fsp3) is 0. The Kier molecular flexibility index (Phi) is 14.3. The van der Waals surface area contributed by atoms with Crippen LogP contribution in [0.4, 0.5) is 0 Å². The zero-order chi connectivity index (χ0) is 4.50. The first-order chi connectivity index (χ1) is 2.00. The summed E-state index contributed by atoms with van der Waals surface area (Å²) in [4.78, 5) is 25.6. The second kappa shape index (κ2) is 6.22. The second-order valence-corrected chi connectivity index (χ2v) is 1.34. The van der Waals surface area contributed by atoms with Crippen molar-refractivity contribution >= 4 is 21.3 Å². The average Bonchev–Trinajstić information content (AvgIpc) is 0.722. The van der Waals surface area contributed by atoms with Crippen LogP contribution in [0.3, 0.4) is 0 Å². The molecule has 0 aromatic rings. The number of phosphoric acid groups is 1. The summed E-state index contributed by atoms with van der Waals surface area (Å²) < 4.78 is 8.55. The molecule has 7 heteroatoms. The number of hydrogen-bond acceptors (Lipinski definition) is 4. The number of hydrogen-bond donors (Lipinski definition) is 0. The zero-order valence-corrected chi connectivity index (χ0v) is 8.32. The van der Waals surface area contributed by atoms with Gasteiger partial charge < -0.3 is 19.2 Å². The van der Waals surface area contributed by atoms with Crippen molar-refractivity contribution in [1.29, 1.82) is 0 Å². The third-order valence-electron chi connectivity index (χ3n) is 0. The van der Waals surface area contributed by atoms with Gasteiger partial charge >= 0.3 is 64.9 Å². The Labute approximate surface area is 90.4 Å². The van der Waals surface area contributed by atoms with Gasteiger partial charge in [0.15, 0.2) is 0 Å². The van der Waals surface area contributed by atoms with Crippen molar-refractivity contribution in [3.8, 4) is 0 Å². The monoisotopic (exact) mass is 166 g/mol. The van der Waals surface area contributed by atoms with E-state index in [-0.39, 0.29) is 64.9 Å². The Morgan fingerprint density at radius 2 is 1.14 bits per heavy atom. The molecule has 0 amide bonds. The van der Waals surface area contributed by atoms with Gasteiger partial charge in [-0.2, -0.15) is 7.82 Å². The molecule has 0 aliphatic carbocycles. The van der Waals surface area contributed by atoms with E-state index in [0.29, 0.717) is 0 Å². The van der Waals surface area contributed by atoms with Crippen LogP contribution in [0.15, 0.2) is 0 Å². The van der Waals surface area contributed by atoms with E-state index >= 15 is 0 Å². The first kappa shape index (κ1) is 16.0. The van der Waals surface area contributed by atoms with Gasteiger partial charge in [-0.25, -0.2) is 0 Å². The Morgan fingerprint density at radius 1 is 1.14 bits per heavy atom. The Hall–Kier alpha value is 2.10. The Morgan fingerprint density at radius 3 is 1.14 bits per heavy atom. The van der Waals surface area contributed by atoms with E-state index in [1.54, 1.807) is 0 Å². The minimum absolute atomic E-state index is 0. The molecule has 0 spiro atoms. The summed E-state index contributed by atoms with van der Waals surface area (Å²) in [5, 5.41) is 0. The van der Waals surface area contributed by atoms with Crippen LogP contribution < -0.4 is 66.1 Å². The van der Waals surface area contributed by atoms with Crippen LogP contribution in [0, 0.1) is 0 Å². The van der Waals surface area contributed by atoms with Crippen LogP contribution in [0.5, 0.6) is 0 Å². The molecule has 4 radical (unpaired) electrons. The van der Waals surface area contributed by atoms with Crippen molar-refractivity contribution in [2.24, 2.45) is 0 Å². The van der Waals surface area contributed by atoms with Gasteiger partial charge in [-0.1, -0.05) is 0 Å². The molecule has 0 unspecified atom stereocenters. The molecule has 0 aliphatic rings. The molecule has 0 aromatic heterocycles. The Bertz CT molecular complexity index is 57.8. The van der Waals surface area contributed by atoms with Gasteiger partial charge in [-0.3, -0.25) is 0 Å². The third-order valence-corrected chi connectivity index (χ3v) is 0. The van der Waals surface area contributed by atoms with E-state index in [2.05, 4.69) is 0 Å². The molecule has 0 rings (SSSR count). The first-order valence-electron chi connectivity index (χ1n) is 0.730. The van der Waals surface area contributed by atoms with Crippen molar-refractivity contribution in [1.82, 2.24) is 0 Å². The fourth-order valence-corrected chi connectivity index (χ4v) is 0. The summed E-state index contributed by atoms with van der Waals surface area (Å²) in [6.45, 7) is 0. The van der Waals surface area contributed by atoms with Gasteiger partial charge in [-0.05, 0) is 0 Å². The van der Waals surface area contributed by atoms with Crippen LogP contribution in [0.1, 0.15) is 0 Å². The topological polar surface area (TPSA) is 86.2 Å². The van der Waals surface area contributed by atoms with E-state index < -0.39 is 7.82 Å². The molecule has 0 bridgehead atoms. The molecule has 0 atom stereocenters. The van der Waals surface area contributed by atoms with Crippen LogP contribution in [0.2, 0.25) is 0 Å². The van der Waals surface area contributed by atoms with E-state index in [1.807, 2.05) is 0 Å². The third kappa shape index (κ3) is 68.5. The van der Waals surface area contributed by atoms with E-state index in [0.717, 1.165) is 0 Å². The second-order valence-electron chi connectivity index (χ2n) is 0.447. The summed E-state index contributed by atoms with van der Waals surface area (Å²) in [5.41, 5.74) is 0. The SMILES string of the molecule is O=P([O-])([O-])[O-].[K+].[S+2]. The maximum absolute atomic E-state index is 8.55. The largest absolute Gasteiger partial charge is 2.00 e. The number of rotatable bonds is 0. The molecule has 4 nitrogen and oxygen atoms in total. The predicted octanol–water partition coefficient (Wildman–Crippen LogP) is -5.82. The average molecular weight is 166 g/mol. The van der Waals surface area contributed by atoms with Gasteiger partial charge in [-0.15, -0.1) is 0 Å². The summed E-state index contributed by atoms with van der Waals surface area (Å²) in [6.07, 6.45) is 0. The van der Waals surface area contributed by atoms with E-state index in [9.17, 15) is 0 Å².